The fourth-order valence-corrected chi connectivity index (χ4v) is 2.63. The second-order valence-corrected chi connectivity index (χ2v) is 6.48. The zero-order valence-electron chi connectivity index (χ0n) is 14.4. The molecule has 0 N–H and O–H groups in total. The lowest BCUT2D eigenvalue weighted by Crippen LogP contribution is -2.28. The van der Waals surface area contributed by atoms with E-state index in [0.717, 1.165) is 11.1 Å². The molecule has 1 amide bonds. The SMILES string of the molecule is Cc1cccc(-c2noc(CN(C)C(=O)Cc3ccc(Cl)cc3F)n2)c1. The Hall–Kier alpha value is -2.73. The van der Waals surface area contributed by atoms with E-state index in [1.54, 1.807) is 13.1 Å². The fourth-order valence-electron chi connectivity index (χ4n) is 2.47. The van der Waals surface area contributed by atoms with Gasteiger partial charge >= 0.3 is 0 Å². The third-order valence-corrected chi connectivity index (χ3v) is 4.13. The molecule has 7 heteroatoms. The van der Waals surface area contributed by atoms with Crippen LogP contribution in [0.2, 0.25) is 5.02 Å². The number of hydrogen-bond donors (Lipinski definition) is 0. The minimum Gasteiger partial charge on any atom is -0.337 e. The van der Waals surface area contributed by atoms with E-state index < -0.39 is 5.82 Å². The van der Waals surface area contributed by atoms with Gasteiger partial charge in [0, 0.05) is 17.6 Å². The molecule has 0 aliphatic carbocycles. The zero-order valence-corrected chi connectivity index (χ0v) is 15.1. The quantitative estimate of drug-likeness (QED) is 0.677. The Labute approximate surface area is 155 Å². The van der Waals surface area contributed by atoms with Crippen molar-refractivity contribution in [3.05, 3.63) is 70.3 Å². The molecule has 26 heavy (non-hydrogen) atoms. The number of aryl methyl sites for hydroxylation is 1. The van der Waals surface area contributed by atoms with Gasteiger partial charge in [0.1, 0.15) is 5.82 Å². The molecule has 0 saturated carbocycles. The number of benzene rings is 2. The normalized spacial score (nSPS) is 10.8. The van der Waals surface area contributed by atoms with Crippen molar-refractivity contribution in [1.29, 1.82) is 0 Å². The van der Waals surface area contributed by atoms with Crippen molar-refractivity contribution in [2.45, 2.75) is 19.9 Å². The molecule has 134 valence electrons. The van der Waals surface area contributed by atoms with Crippen LogP contribution in [0.3, 0.4) is 0 Å². The fraction of sp³-hybridized carbons (Fsp3) is 0.211. The average molecular weight is 374 g/mol. The minimum absolute atomic E-state index is 0.0711. The maximum absolute atomic E-state index is 13.8. The smallest absolute Gasteiger partial charge is 0.246 e. The zero-order chi connectivity index (χ0) is 18.7. The number of carbonyl (C=O) groups excluding carboxylic acids is 1. The Bertz CT molecular complexity index is 942. The summed E-state index contributed by atoms with van der Waals surface area (Å²) in [5.41, 5.74) is 2.22. The number of hydrogen-bond acceptors (Lipinski definition) is 4. The number of carbonyl (C=O) groups is 1. The molecule has 0 spiro atoms. The maximum Gasteiger partial charge on any atom is 0.246 e. The van der Waals surface area contributed by atoms with Crippen LogP contribution in [-0.4, -0.2) is 28.0 Å². The molecule has 0 saturated heterocycles. The van der Waals surface area contributed by atoms with Gasteiger partial charge in [-0.1, -0.05) is 46.6 Å². The summed E-state index contributed by atoms with van der Waals surface area (Å²) in [6.07, 6.45) is -0.0711. The maximum atomic E-state index is 13.8. The van der Waals surface area contributed by atoms with Crippen LogP contribution in [0.1, 0.15) is 17.0 Å². The van der Waals surface area contributed by atoms with Gasteiger partial charge in [-0.05, 0) is 30.7 Å². The van der Waals surface area contributed by atoms with Crippen LogP contribution >= 0.6 is 11.6 Å². The summed E-state index contributed by atoms with van der Waals surface area (Å²) in [4.78, 5) is 18.0. The van der Waals surface area contributed by atoms with E-state index in [0.29, 0.717) is 16.7 Å². The molecular weight excluding hydrogens is 357 g/mol. The Morgan fingerprint density at radius 3 is 2.81 bits per heavy atom. The highest BCUT2D eigenvalue weighted by molar-refractivity contribution is 6.30. The first-order valence-corrected chi connectivity index (χ1v) is 8.37. The van der Waals surface area contributed by atoms with Crippen LogP contribution < -0.4 is 0 Å². The van der Waals surface area contributed by atoms with Crippen molar-refractivity contribution in [3.63, 3.8) is 0 Å². The molecule has 0 aliphatic rings. The third-order valence-electron chi connectivity index (χ3n) is 3.90. The van der Waals surface area contributed by atoms with Crippen molar-refractivity contribution in [2.75, 3.05) is 7.05 Å². The van der Waals surface area contributed by atoms with Crippen LogP contribution in [0.4, 0.5) is 4.39 Å². The summed E-state index contributed by atoms with van der Waals surface area (Å²) in [6, 6.07) is 12.0. The molecule has 1 heterocycles. The summed E-state index contributed by atoms with van der Waals surface area (Å²) >= 11 is 5.72. The predicted octanol–water partition coefficient (Wildman–Crippen LogP) is 4.04. The Balaban J connectivity index is 1.66. The molecule has 1 aromatic heterocycles. The molecule has 0 bridgehead atoms. The predicted molar refractivity (Wildman–Crippen MR) is 96.1 cm³/mol. The topological polar surface area (TPSA) is 59.2 Å². The standard InChI is InChI=1S/C19H17ClFN3O2/c1-12-4-3-5-14(8-12)19-22-17(26-23-19)11-24(2)18(25)9-13-6-7-15(20)10-16(13)21/h3-8,10H,9,11H2,1-2H3. The first-order valence-electron chi connectivity index (χ1n) is 8.00. The van der Waals surface area contributed by atoms with Gasteiger partial charge in [-0.3, -0.25) is 4.79 Å². The molecule has 0 atom stereocenters. The third kappa shape index (κ3) is 4.26. The van der Waals surface area contributed by atoms with E-state index in [4.69, 9.17) is 16.1 Å². The van der Waals surface area contributed by atoms with Gasteiger partial charge in [-0.25, -0.2) is 4.39 Å². The van der Waals surface area contributed by atoms with Gasteiger partial charge in [0.25, 0.3) is 0 Å². The number of aromatic nitrogens is 2. The van der Waals surface area contributed by atoms with Gasteiger partial charge < -0.3 is 9.42 Å². The second kappa shape index (κ2) is 7.66. The Morgan fingerprint density at radius 1 is 1.27 bits per heavy atom. The summed E-state index contributed by atoms with van der Waals surface area (Å²) in [5, 5.41) is 4.24. The highest BCUT2D eigenvalue weighted by Gasteiger charge is 2.16. The van der Waals surface area contributed by atoms with Gasteiger partial charge in [0.15, 0.2) is 0 Å². The minimum atomic E-state index is -0.501. The van der Waals surface area contributed by atoms with Crippen LogP contribution in [0.15, 0.2) is 47.0 Å². The monoisotopic (exact) mass is 373 g/mol. The van der Waals surface area contributed by atoms with Crippen molar-refractivity contribution in [3.8, 4) is 11.4 Å². The van der Waals surface area contributed by atoms with Crippen molar-refractivity contribution in [1.82, 2.24) is 15.0 Å². The van der Waals surface area contributed by atoms with E-state index in [9.17, 15) is 9.18 Å². The highest BCUT2D eigenvalue weighted by atomic mass is 35.5. The molecule has 0 fully saturated rings. The summed E-state index contributed by atoms with van der Waals surface area (Å²) in [7, 11) is 1.60. The van der Waals surface area contributed by atoms with Crippen molar-refractivity contribution in [2.24, 2.45) is 0 Å². The number of amides is 1. The summed E-state index contributed by atoms with van der Waals surface area (Å²) in [6.45, 7) is 2.12. The molecule has 5 nitrogen and oxygen atoms in total. The lowest BCUT2D eigenvalue weighted by atomic mass is 10.1. The van der Waals surface area contributed by atoms with E-state index in [-0.39, 0.29) is 24.4 Å². The lowest BCUT2D eigenvalue weighted by Gasteiger charge is -2.15. The van der Waals surface area contributed by atoms with Crippen LogP contribution in [-0.2, 0) is 17.8 Å². The Morgan fingerprint density at radius 2 is 2.08 bits per heavy atom. The first-order chi connectivity index (χ1) is 12.4. The van der Waals surface area contributed by atoms with Gasteiger partial charge in [0.2, 0.25) is 17.6 Å². The van der Waals surface area contributed by atoms with E-state index >= 15 is 0 Å². The van der Waals surface area contributed by atoms with E-state index in [1.807, 2.05) is 31.2 Å². The number of halogens is 2. The van der Waals surface area contributed by atoms with Gasteiger partial charge in [-0.2, -0.15) is 4.98 Å². The Kier molecular flexibility index (Phi) is 5.32. The van der Waals surface area contributed by atoms with E-state index in [1.165, 1.54) is 17.0 Å². The molecular formula is C19H17ClFN3O2. The molecule has 0 aliphatic heterocycles. The first kappa shape index (κ1) is 18.1. The summed E-state index contributed by atoms with van der Waals surface area (Å²) < 4.78 is 19.1. The number of likely N-dealkylation sites (N-methyl/N-ethyl adjacent to an activating group) is 1. The number of nitrogens with zero attached hydrogens (tertiary/aromatic N) is 3. The molecule has 3 rings (SSSR count). The van der Waals surface area contributed by atoms with Crippen LogP contribution in [0.25, 0.3) is 11.4 Å². The van der Waals surface area contributed by atoms with Crippen LogP contribution in [0, 0.1) is 12.7 Å². The summed E-state index contributed by atoms with van der Waals surface area (Å²) in [5.74, 6) is 0.0162. The highest BCUT2D eigenvalue weighted by Crippen LogP contribution is 2.18. The molecule has 0 radical (unpaired) electrons. The number of rotatable bonds is 5. The average Bonchev–Trinajstić information content (AvgIpc) is 3.06. The molecule has 3 aromatic rings. The van der Waals surface area contributed by atoms with Gasteiger partial charge in [0.05, 0.1) is 13.0 Å². The molecule has 0 unspecified atom stereocenters. The molecule has 2 aromatic carbocycles. The lowest BCUT2D eigenvalue weighted by molar-refractivity contribution is -0.130. The van der Waals surface area contributed by atoms with Crippen molar-refractivity contribution < 1.29 is 13.7 Å². The van der Waals surface area contributed by atoms with Crippen molar-refractivity contribution >= 4 is 17.5 Å². The van der Waals surface area contributed by atoms with E-state index in [2.05, 4.69) is 10.1 Å². The second-order valence-electron chi connectivity index (χ2n) is 6.04. The largest absolute Gasteiger partial charge is 0.337 e. The van der Waals surface area contributed by atoms with Crippen LogP contribution in [0.5, 0.6) is 0 Å². The van der Waals surface area contributed by atoms with Gasteiger partial charge in [-0.15, -0.1) is 0 Å².